The van der Waals surface area contributed by atoms with Crippen molar-refractivity contribution < 1.29 is 34.3 Å². The normalized spacial score (nSPS) is 16.2. The van der Waals surface area contributed by atoms with Crippen LogP contribution in [0.2, 0.25) is 0 Å². The fourth-order valence-electron chi connectivity index (χ4n) is 1.25. The Hall–Kier alpha value is -0.300. The van der Waals surface area contributed by atoms with Crippen molar-refractivity contribution in [1.82, 2.24) is 5.32 Å². The summed E-state index contributed by atoms with van der Waals surface area (Å²) in [6.45, 7) is 3.80. The van der Waals surface area contributed by atoms with Gasteiger partial charge >= 0.3 is 20.8 Å². The average Bonchev–Trinajstić information content (AvgIpc) is 2.10. The van der Waals surface area contributed by atoms with Crippen LogP contribution in [0, 0.1) is 0 Å². The van der Waals surface area contributed by atoms with E-state index in [1.165, 1.54) is 13.8 Å². The molecule has 0 radical (unpaired) electrons. The van der Waals surface area contributed by atoms with E-state index in [9.17, 15) is 16.8 Å². The Bertz CT molecular complexity index is 403. The lowest BCUT2D eigenvalue weighted by Gasteiger charge is -2.12. The van der Waals surface area contributed by atoms with Gasteiger partial charge in [-0.05, 0) is 39.8 Å². The van der Waals surface area contributed by atoms with Crippen LogP contribution in [0.1, 0.15) is 26.7 Å². The van der Waals surface area contributed by atoms with Crippen molar-refractivity contribution in [3.05, 3.63) is 0 Å². The first-order valence-electron chi connectivity index (χ1n) is 5.51. The highest BCUT2D eigenvalue weighted by molar-refractivity contribution is 7.81. The van der Waals surface area contributed by atoms with Crippen molar-refractivity contribution in [3.63, 3.8) is 0 Å². The lowest BCUT2D eigenvalue weighted by atomic mass is 10.2. The number of rotatable bonds is 10. The summed E-state index contributed by atoms with van der Waals surface area (Å²) in [5, 5.41) is 2.91. The molecule has 0 aromatic rings. The van der Waals surface area contributed by atoms with Crippen LogP contribution in [-0.4, -0.2) is 51.2 Å². The van der Waals surface area contributed by atoms with Crippen molar-refractivity contribution >= 4 is 20.8 Å². The van der Waals surface area contributed by atoms with Crippen LogP contribution in [0.4, 0.5) is 0 Å². The van der Waals surface area contributed by atoms with E-state index in [1.54, 1.807) is 0 Å². The zero-order chi connectivity index (χ0) is 15.1. The van der Waals surface area contributed by atoms with Crippen LogP contribution < -0.4 is 5.32 Å². The first kappa shape index (κ1) is 18.7. The number of hydrogen-bond acceptors (Lipinski definition) is 7. The largest absolute Gasteiger partial charge is 0.397 e. The molecular weight excluding hydrogens is 302 g/mol. The maximum Gasteiger partial charge on any atom is 0.397 e. The van der Waals surface area contributed by atoms with E-state index in [0.717, 1.165) is 0 Å². The van der Waals surface area contributed by atoms with Gasteiger partial charge in [-0.15, -0.1) is 0 Å². The Kier molecular flexibility index (Phi) is 7.96. The topological polar surface area (TPSA) is 139 Å². The summed E-state index contributed by atoms with van der Waals surface area (Å²) in [4.78, 5) is 0. The van der Waals surface area contributed by atoms with Crippen molar-refractivity contribution in [1.29, 1.82) is 0 Å². The molecule has 9 nitrogen and oxygen atoms in total. The van der Waals surface area contributed by atoms with Crippen LogP contribution in [0.3, 0.4) is 0 Å². The quantitative estimate of drug-likeness (QED) is 0.367. The van der Waals surface area contributed by atoms with Gasteiger partial charge in [0.05, 0.1) is 12.2 Å². The monoisotopic (exact) mass is 321 g/mol. The van der Waals surface area contributed by atoms with Gasteiger partial charge in [0.25, 0.3) is 0 Å². The maximum atomic E-state index is 10.4. The second kappa shape index (κ2) is 8.09. The standard InChI is InChI=1S/C8H19NO8S2/c1-7(16-18(10,11)12)3-5-9-6-4-8(2)17-19(13,14)15/h7-9H,3-6H2,1-2H3,(H,10,11,12)(H,13,14,15). The van der Waals surface area contributed by atoms with Gasteiger partial charge in [-0.3, -0.25) is 9.11 Å². The maximum absolute atomic E-state index is 10.4. The van der Waals surface area contributed by atoms with Gasteiger partial charge in [0.15, 0.2) is 0 Å². The van der Waals surface area contributed by atoms with Crippen molar-refractivity contribution in [3.8, 4) is 0 Å². The van der Waals surface area contributed by atoms with Gasteiger partial charge in [-0.1, -0.05) is 0 Å². The molecule has 0 bridgehead atoms. The van der Waals surface area contributed by atoms with E-state index in [0.29, 0.717) is 25.9 Å². The highest BCUT2D eigenvalue weighted by Gasteiger charge is 2.13. The summed E-state index contributed by atoms with van der Waals surface area (Å²) in [5.74, 6) is 0. The van der Waals surface area contributed by atoms with Crippen LogP contribution in [0.15, 0.2) is 0 Å². The van der Waals surface area contributed by atoms with Crippen LogP contribution in [0.5, 0.6) is 0 Å². The molecule has 0 saturated heterocycles. The first-order valence-corrected chi connectivity index (χ1v) is 8.25. The fraction of sp³-hybridized carbons (Fsp3) is 1.00. The van der Waals surface area contributed by atoms with Crippen LogP contribution in [0.25, 0.3) is 0 Å². The summed E-state index contributed by atoms with van der Waals surface area (Å²) in [5.41, 5.74) is 0. The molecule has 2 unspecified atom stereocenters. The third kappa shape index (κ3) is 13.9. The molecule has 0 aromatic carbocycles. The molecule has 0 aliphatic carbocycles. The second-order valence-electron chi connectivity index (χ2n) is 4.00. The first-order chi connectivity index (χ1) is 8.49. The smallest absolute Gasteiger partial charge is 0.317 e. The molecule has 116 valence electrons. The molecule has 0 spiro atoms. The Morgan fingerprint density at radius 3 is 1.47 bits per heavy atom. The Morgan fingerprint density at radius 2 is 1.21 bits per heavy atom. The summed E-state index contributed by atoms with van der Waals surface area (Å²) in [6, 6.07) is 0. The third-order valence-electron chi connectivity index (χ3n) is 2.03. The predicted octanol–water partition coefficient (Wildman–Crippen LogP) is -0.228. The predicted molar refractivity (Wildman–Crippen MR) is 66.3 cm³/mol. The van der Waals surface area contributed by atoms with Crippen molar-refractivity contribution in [2.75, 3.05) is 13.1 Å². The van der Waals surface area contributed by atoms with E-state index >= 15 is 0 Å². The molecule has 19 heavy (non-hydrogen) atoms. The molecular formula is C8H19NO8S2. The molecule has 0 heterocycles. The van der Waals surface area contributed by atoms with Crippen molar-refractivity contribution in [2.45, 2.75) is 38.9 Å². The molecule has 0 fully saturated rings. The van der Waals surface area contributed by atoms with E-state index in [4.69, 9.17) is 9.11 Å². The molecule has 3 N–H and O–H groups in total. The highest BCUT2D eigenvalue weighted by atomic mass is 32.3. The molecule has 2 atom stereocenters. The molecule has 0 rings (SSSR count). The Balaban J connectivity index is 3.66. The number of nitrogens with one attached hydrogen (secondary N) is 1. The SMILES string of the molecule is CC(CCNCCC(C)OS(=O)(=O)O)OS(=O)(=O)O. The molecule has 11 heteroatoms. The summed E-state index contributed by atoms with van der Waals surface area (Å²) < 4.78 is 66.8. The summed E-state index contributed by atoms with van der Waals surface area (Å²) >= 11 is 0. The fourth-order valence-corrected chi connectivity index (χ4v) is 2.27. The minimum Gasteiger partial charge on any atom is -0.317 e. The van der Waals surface area contributed by atoms with Gasteiger partial charge in [0.2, 0.25) is 0 Å². The lowest BCUT2D eigenvalue weighted by Crippen LogP contribution is -2.26. The van der Waals surface area contributed by atoms with E-state index in [1.807, 2.05) is 0 Å². The summed E-state index contributed by atoms with van der Waals surface area (Å²) in [7, 11) is -8.88. The van der Waals surface area contributed by atoms with Crippen LogP contribution >= 0.6 is 0 Å². The van der Waals surface area contributed by atoms with E-state index in [-0.39, 0.29) is 0 Å². The molecule has 0 aromatic heterocycles. The van der Waals surface area contributed by atoms with Gasteiger partial charge in [-0.2, -0.15) is 16.8 Å². The third-order valence-corrected chi connectivity index (χ3v) is 3.17. The van der Waals surface area contributed by atoms with Crippen LogP contribution in [-0.2, 0) is 29.2 Å². The van der Waals surface area contributed by atoms with E-state index in [2.05, 4.69) is 13.7 Å². The zero-order valence-corrected chi connectivity index (χ0v) is 12.3. The van der Waals surface area contributed by atoms with Gasteiger partial charge in [0, 0.05) is 0 Å². The average molecular weight is 321 g/mol. The Morgan fingerprint density at radius 1 is 0.895 bits per heavy atom. The molecule has 0 aliphatic heterocycles. The Labute approximate surface area is 113 Å². The van der Waals surface area contributed by atoms with Gasteiger partial charge < -0.3 is 5.32 Å². The highest BCUT2D eigenvalue weighted by Crippen LogP contribution is 2.02. The van der Waals surface area contributed by atoms with Gasteiger partial charge in [-0.25, -0.2) is 8.37 Å². The number of hydrogen-bond donors (Lipinski definition) is 3. The minimum atomic E-state index is -4.44. The lowest BCUT2D eigenvalue weighted by molar-refractivity contribution is 0.182. The summed E-state index contributed by atoms with van der Waals surface area (Å²) in [6.07, 6.45) is -0.663. The van der Waals surface area contributed by atoms with E-state index < -0.39 is 33.0 Å². The van der Waals surface area contributed by atoms with Gasteiger partial charge in [0.1, 0.15) is 0 Å². The van der Waals surface area contributed by atoms with Crippen molar-refractivity contribution in [2.24, 2.45) is 0 Å². The molecule has 0 amide bonds. The zero-order valence-electron chi connectivity index (χ0n) is 10.6. The molecule has 0 aliphatic rings. The second-order valence-corrected chi connectivity index (χ2v) is 6.09. The molecule has 0 saturated carbocycles. The minimum absolute atomic E-state index is 0.341.